The van der Waals surface area contributed by atoms with Crippen LogP contribution in [-0.4, -0.2) is 59.4 Å². The Balaban J connectivity index is 1.35. The van der Waals surface area contributed by atoms with E-state index in [2.05, 4.69) is 26.3 Å². The Morgan fingerprint density at radius 3 is 2.40 bits per heavy atom. The highest BCUT2D eigenvalue weighted by Gasteiger charge is 2.47. The molecule has 3 N–H and O–H groups in total. The summed E-state index contributed by atoms with van der Waals surface area (Å²) in [6.07, 6.45) is 8.29. The Morgan fingerprint density at radius 2 is 1.75 bits per heavy atom. The SMILES string of the molecule is N#CC1(NC(=O)C2CCCCC2c2nc(-c3cnc(N)nc3)sc2-c2ccc(N3CCS(=O)(=O)CC3)cc2)CC1. The number of anilines is 2. The van der Waals surface area contributed by atoms with Gasteiger partial charge in [0.15, 0.2) is 9.84 Å². The summed E-state index contributed by atoms with van der Waals surface area (Å²) in [7, 11) is -2.96. The molecular weight excluding hydrogens is 546 g/mol. The van der Waals surface area contributed by atoms with Crippen molar-refractivity contribution in [3.05, 3.63) is 42.4 Å². The van der Waals surface area contributed by atoms with Crippen molar-refractivity contribution in [3.63, 3.8) is 0 Å². The number of nitriles is 1. The summed E-state index contributed by atoms with van der Waals surface area (Å²) in [5.41, 5.74) is 8.62. The number of benzene rings is 1. The molecule has 0 radical (unpaired) electrons. The molecule has 1 aromatic carbocycles. The second kappa shape index (κ2) is 10.4. The van der Waals surface area contributed by atoms with Gasteiger partial charge in [-0.25, -0.2) is 23.4 Å². The van der Waals surface area contributed by atoms with Gasteiger partial charge in [-0.05, 0) is 43.4 Å². The molecule has 0 bridgehead atoms. The first-order valence-electron chi connectivity index (χ1n) is 13.6. The summed E-state index contributed by atoms with van der Waals surface area (Å²) in [4.78, 5) is 29.9. The molecule has 1 aliphatic heterocycles. The number of aromatic nitrogens is 3. The van der Waals surface area contributed by atoms with E-state index in [4.69, 9.17) is 10.7 Å². The zero-order valence-electron chi connectivity index (χ0n) is 22.0. The van der Waals surface area contributed by atoms with Crippen LogP contribution in [0.3, 0.4) is 0 Å². The number of carbonyl (C=O) groups is 1. The van der Waals surface area contributed by atoms with Crippen LogP contribution < -0.4 is 16.0 Å². The molecule has 2 atom stereocenters. The lowest BCUT2D eigenvalue weighted by molar-refractivity contribution is -0.127. The zero-order chi connectivity index (χ0) is 27.9. The van der Waals surface area contributed by atoms with Crippen molar-refractivity contribution in [1.29, 1.82) is 5.26 Å². The van der Waals surface area contributed by atoms with Gasteiger partial charge in [0.2, 0.25) is 11.9 Å². The first kappa shape index (κ1) is 26.7. The van der Waals surface area contributed by atoms with Crippen LogP contribution in [-0.2, 0) is 14.6 Å². The number of hydrogen-bond acceptors (Lipinski definition) is 10. The van der Waals surface area contributed by atoms with Crippen molar-refractivity contribution in [2.45, 2.75) is 50.0 Å². The van der Waals surface area contributed by atoms with Gasteiger partial charge in [0.25, 0.3) is 0 Å². The maximum Gasteiger partial charge on any atom is 0.225 e. The molecule has 208 valence electrons. The largest absolute Gasteiger partial charge is 0.369 e. The van der Waals surface area contributed by atoms with Crippen LogP contribution in [0.25, 0.3) is 21.0 Å². The van der Waals surface area contributed by atoms with E-state index < -0.39 is 15.4 Å². The molecule has 3 heterocycles. The summed E-state index contributed by atoms with van der Waals surface area (Å²) in [5, 5.41) is 13.3. The number of nitrogen functional groups attached to an aromatic ring is 1. The van der Waals surface area contributed by atoms with Crippen LogP contribution in [0.4, 0.5) is 11.6 Å². The molecular formula is C28H31N7O3S2. The Bertz CT molecular complexity index is 1540. The van der Waals surface area contributed by atoms with E-state index in [0.717, 1.165) is 58.1 Å². The highest BCUT2D eigenvalue weighted by Crippen LogP contribution is 2.46. The minimum absolute atomic E-state index is 0.0598. The molecule has 10 nitrogen and oxygen atoms in total. The van der Waals surface area contributed by atoms with E-state index >= 15 is 0 Å². The summed E-state index contributed by atoms with van der Waals surface area (Å²) < 4.78 is 23.7. The second-order valence-corrected chi connectivity index (χ2v) is 14.2. The van der Waals surface area contributed by atoms with E-state index in [-0.39, 0.29) is 35.2 Å². The lowest BCUT2D eigenvalue weighted by Crippen LogP contribution is -2.42. The van der Waals surface area contributed by atoms with Gasteiger partial charge in [-0.15, -0.1) is 11.3 Å². The lowest BCUT2D eigenvalue weighted by atomic mass is 9.76. The van der Waals surface area contributed by atoms with Gasteiger partial charge in [-0.3, -0.25) is 4.79 Å². The lowest BCUT2D eigenvalue weighted by Gasteiger charge is -2.31. The molecule has 2 unspecified atom stereocenters. The number of thiazole rings is 1. The van der Waals surface area contributed by atoms with Crippen LogP contribution in [0.5, 0.6) is 0 Å². The van der Waals surface area contributed by atoms with Crippen molar-refractivity contribution in [3.8, 4) is 27.1 Å². The molecule has 2 aliphatic carbocycles. The fourth-order valence-corrected chi connectivity index (χ4v) is 7.96. The van der Waals surface area contributed by atoms with Crippen molar-refractivity contribution in [2.24, 2.45) is 5.92 Å². The number of nitrogens with one attached hydrogen (secondary N) is 1. The molecule has 2 saturated carbocycles. The fraction of sp³-hybridized carbons (Fsp3) is 0.464. The van der Waals surface area contributed by atoms with Crippen molar-refractivity contribution in [1.82, 2.24) is 20.3 Å². The predicted molar refractivity (Wildman–Crippen MR) is 154 cm³/mol. The average molecular weight is 578 g/mol. The van der Waals surface area contributed by atoms with Gasteiger partial charge in [-0.2, -0.15) is 5.26 Å². The van der Waals surface area contributed by atoms with Crippen molar-refractivity contribution in [2.75, 3.05) is 35.2 Å². The topological polar surface area (TPSA) is 155 Å². The first-order valence-corrected chi connectivity index (χ1v) is 16.3. The van der Waals surface area contributed by atoms with Gasteiger partial charge in [0.05, 0.1) is 28.1 Å². The van der Waals surface area contributed by atoms with E-state index in [1.54, 1.807) is 23.7 Å². The first-order chi connectivity index (χ1) is 19.3. The van der Waals surface area contributed by atoms with Crippen molar-refractivity contribution >= 4 is 38.7 Å². The zero-order valence-corrected chi connectivity index (χ0v) is 23.7. The second-order valence-electron chi connectivity index (χ2n) is 10.9. The fourth-order valence-electron chi connectivity index (χ4n) is 5.65. The monoisotopic (exact) mass is 577 g/mol. The average Bonchev–Trinajstić information content (AvgIpc) is 3.60. The summed E-state index contributed by atoms with van der Waals surface area (Å²) in [6, 6.07) is 10.4. The Labute approximate surface area is 237 Å². The van der Waals surface area contributed by atoms with Crippen molar-refractivity contribution < 1.29 is 13.2 Å². The Kier molecular flexibility index (Phi) is 6.96. The number of rotatable bonds is 6. The molecule has 40 heavy (non-hydrogen) atoms. The van der Waals surface area contributed by atoms with Gasteiger partial charge in [-0.1, -0.05) is 25.0 Å². The highest BCUT2D eigenvalue weighted by atomic mass is 32.2. The van der Waals surface area contributed by atoms with Gasteiger partial charge in [0, 0.05) is 48.6 Å². The third-order valence-electron chi connectivity index (χ3n) is 8.19. The third-order valence-corrected chi connectivity index (χ3v) is 11.0. The molecule has 3 fully saturated rings. The summed E-state index contributed by atoms with van der Waals surface area (Å²) in [5.74, 6) is 0.126. The van der Waals surface area contributed by atoms with Crippen LogP contribution in [0, 0.1) is 17.2 Å². The van der Waals surface area contributed by atoms with Crippen LogP contribution in [0.15, 0.2) is 36.7 Å². The van der Waals surface area contributed by atoms with Gasteiger partial charge in [0.1, 0.15) is 10.5 Å². The van der Waals surface area contributed by atoms with E-state index in [1.807, 2.05) is 24.3 Å². The molecule has 3 aliphatic rings. The number of sulfone groups is 1. The van der Waals surface area contributed by atoms with E-state index in [9.17, 15) is 18.5 Å². The predicted octanol–water partition coefficient (Wildman–Crippen LogP) is 3.53. The third kappa shape index (κ3) is 5.40. The Hall–Kier alpha value is -3.56. The van der Waals surface area contributed by atoms with Crippen LogP contribution in [0.1, 0.15) is 50.1 Å². The molecule has 2 aromatic heterocycles. The molecule has 6 rings (SSSR count). The number of nitrogens with zero attached hydrogens (tertiary/aromatic N) is 5. The number of nitrogens with two attached hydrogens (primary N) is 1. The van der Waals surface area contributed by atoms with Gasteiger partial charge < -0.3 is 16.0 Å². The Morgan fingerprint density at radius 1 is 1.07 bits per heavy atom. The highest BCUT2D eigenvalue weighted by molar-refractivity contribution is 7.91. The standard InChI is InChI=1S/C28H31N7O3S2/c29-17-28(9-10-28)34-25(36)22-4-2-1-3-21(22)23-24(39-26(33-23)19-15-31-27(30)32-16-19)18-5-7-20(8-6-18)35-11-13-40(37,38)14-12-35/h5-8,15-16,21-22H,1-4,9-14H2,(H,34,36)(H2,30,31,32). The molecule has 1 amide bonds. The normalized spacial score (nSPS) is 23.2. The van der Waals surface area contributed by atoms with E-state index in [1.165, 1.54) is 0 Å². The van der Waals surface area contributed by atoms with Gasteiger partial charge >= 0.3 is 0 Å². The number of amides is 1. The van der Waals surface area contributed by atoms with Crippen LogP contribution in [0.2, 0.25) is 0 Å². The minimum Gasteiger partial charge on any atom is -0.369 e. The number of carbonyl (C=O) groups excluding carboxylic acids is 1. The minimum atomic E-state index is -2.96. The summed E-state index contributed by atoms with van der Waals surface area (Å²) in [6.45, 7) is 0.968. The molecule has 12 heteroatoms. The van der Waals surface area contributed by atoms with E-state index in [0.29, 0.717) is 25.9 Å². The maximum absolute atomic E-state index is 13.5. The molecule has 1 saturated heterocycles. The quantitative estimate of drug-likeness (QED) is 0.447. The molecule has 3 aromatic rings. The maximum atomic E-state index is 13.5. The van der Waals surface area contributed by atoms with Crippen LogP contribution >= 0.6 is 11.3 Å². The number of hydrogen-bond donors (Lipinski definition) is 2. The summed E-state index contributed by atoms with van der Waals surface area (Å²) >= 11 is 1.54. The molecule has 0 spiro atoms. The smallest absolute Gasteiger partial charge is 0.225 e.